The molecule has 130 valence electrons. The zero-order chi connectivity index (χ0) is 16.7. The molecule has 0 saturated heterocycles. The van der Waals surface area contributed by atoms with Crippen LogP contribution >= 0.6 is 24.0 Å². The number of benzene rings is 1. The summed E-state index contributed by atoms with van der Waals surface area (Å²) in [7, 11) is 0. The molecule has 5 nitrogen and oxygen atoms in total. The largest absolute Gasteiger partial charge is 0.439 e. The summed E-state index contributed by atoms with van der Waals surface area (Å²) >= 11 is 0. The molecule has 1 atom stereocenters. The van der Waals surface area contributed by atoms with E-state index in [4.69, 9.17) is 10.5 Å². The van der Waals surface area contributed by atoms with Crippen LogP contribution in [0.1, 0.15) is 25.8 Å². The Morgan fingerprint density at radius 2 is 2.17 bits per heavy atom. The van der Waals surface area contributed by atoms with Crippen LogP contribution in [0, 0.1) is 5.82 Å². The van der Waals surface area contributed by atoms with Gasteiger partial charge in [0.2, 0.25) is 5.88 Å². The normalized spacial score (nSPS) is 12.2. The van der Waals surface area contributed by atoms with Crippen LogP contribution in [0.3, 0.4) is 0 Å². The molecular formula is C17H22FIN4O. The van der Waals surface area contributed by atoms with Crippen molar-refractivity contribution in [2.24, 2.45) is 10.7 Å². The van der Waals surface area contributed by atoms with Crippen molar-refractivity contribution < 1.29 is 9.13 Å². The Balaban J connectivity index is 0.00000288. The second kappa shape index (κ2) is 10.1. The lowest BCUT2D eigenvalue weighted by Crippen LogP contribution is -2.38. The molecule has 0 aliphatic rings. The van der Waals surface area contributed by atoms with Crippen molar-refractivity contribution >= 4 is 29.9 Å². The van der Waals surface area contributed by atoms with E-state index in [0.29, 0.717) is 24.1 Å². The lowest BCUT2D eigenvalue weighted by molar-refractivity contribution is 0.452. The highest BCUT2D eigenvalue weighted by molar-refractivity contribution is 14.0. The van der Waals surface area contributed by atoms with Gasteiger partial charge in [-0.2, -0.15) is 0 Å². The Labute approximate surface area is 158 Å². The van der Waals surface area contributed by atoms with Gasteiger partial charge >= 0.3 is 0 Å². The van der Waals surface area contributed by atoms with Gasteiger partial charge in [0.1, 0.15) is 11.6 Å². The number of guanidine groups is 1. The monoisotopic (exact) mass is 444 g/mol. The van der Waals surface area contributed by atoms with Crippen LogP contribution < -0.4 is 15.8 Å². The summed E-state index contributed by atoms with van der Waals surface area (Å²) in [6.45, 7) is 4.43. The van der Waals surface area contributed by atoms with Crippen molar-refractivity contribution in [1.82, 2.24) is 10.3 Å². The zero-order valence-electron chi connectivity index (χ0n) is 13.7. The standard InChI is InChI=1S/C17H21FN4O.HI/c1-3-12(2)22-17(19)21-11-13-6-5-9-20-16(13)23-15-8-4-7-14(18)10-15;/h4-10,12H,3,11H2,1-2H3,(H3,19,21,22);1H. The van der Waals surface area contributed by atoms with Crippen LogP contribution in [0.4, 0.5) is 4.39 Å². The fraction of sp³-hybridized carbons (Fsp3) is 0.294. The van der Waals surface area contributed by atoms with Gasteiger partial charge in [-0.05, 0) is 31.5 Å². The van der Waals surface area contributed by atoms with Gasteiger partial charge in [0, 0.05) is 23.9 Å². The molecule has 0 amide bonds. The molecule has 0 saturated carbocycles. The molecular weight excluding hydrogens is 422 g/mol. The predicted octanol–water partition coefficient (Wildman–Crippen LogP) is 3.83. The number of aromatic nitrogens is 1. The van der Waals surface area contributed by atoms with Crippen molar-refractivity contribution in [2.75, 3.05) is 0 Å². The maximum absolute atomic E-state index is 13.2. The summed E-state index contributed by atoms with van der Waals surface area (Å²) in [4.78, 5) is 8.47. The van der Waals surface area contributed by atoms with Crippen molar-refractivity contribution in [1.29, 1.82) is 0 Å². The molecule has 2 aromatic rings. The third-order valence-electron chi connectivity index (χ3n) is 3.29. The minimum Gasteiger partial charge on any atom is -0.439 e. The summed E-state index contributed by atoms with van der Waals surface area (Å²) in [6, 6.07) is 9.82. The van der Waals surface area contributed by atoms with Gasteiger partial charge < -0.3 is 15.8 Å². The fourth-order valence-corrected chi connectivity index (χ4v) is 1.85. The Hall–Kier alpha value is -1.90. The van der Waals surface area contributed by atoms with Gasteiger partial charge in [-0.25, -0.2) is 14.4 Å². The van der Waals surface area contributed by atoms with Gasteiger partial charge in [0.05, 0.1) is 6.54 Å². The number of nitrogens with one attached hydrogen (secondary N) is 1. The predicted molar refractivity (Wildman–Crippen MR) is 104 cm³/mol. The molecule has 7 heteroatoms. The molecule has 0 radical (unpaired) electrons. The number of nitrogens with zero attached hydrogens (tertiary/aromatic N) is 2. The van der Waals surface area contributed by atoms with Gasteiger partial charge in [-0.1, -0.05) is 19.1 Å². The third kappa shape index (κ3) is 6.31. The van der Waals surface area contributed by atoms with Crippen molar-refractivity contribution in [3.05, 3.63) is 54.0 Å². The summed E-state index contributed by atoms with van der Waals surface area (Å²) in [5.74, 6) is 0.790. The van der Waals surface area contributed by atoms with Crippen LogP contribution in [0.5, 0.6) is 11.6 Å². The van der Waals surface area contributed by atoms with Gasteiger partial charge in [0.15, 0.2) is 5.96 Å². The second-order valence-electron chi connectivity index (χ2n) is 5.18. The molecule has 24 heavy (non-hydrogen) atoms. The lowest BCUT2D eigenvalue weighted by Gasteiger charge is -2.12. The molecule has 3 N–H and O–H groups in total. The number of aliphatic imine (C=N–C) groups is 1. The Kier molecular flexibility index (Phi) is 8.45. The number of nitrogens with two attached hydrogens (primary N) is 1. The van der Waals surface area contributed by atoms with E-state index in [9.17, 15) is 4.39 Å². The Bertz CT molecular complexity index is 681. The number of ether oxygens (including phenoxy) is 1. The third-order valence-corrected chi connectivity index (χ3v) is 3.29. The summed E-state index contributed by atoms with van der Waals surface area (Å²) in [5, 5.41) is 3.09. The van der Waals surface area contributed by atoms with Crippen molar-refractivity contribution in [3.63, 3.8) is 0 Å². The maximum Gasteiger partial charge on any atom is 0.224 e. The van der Waals surface area contributed by atoms with E-state index in [-0.39, 0.29) is 35.8 Å². The second-order valence-corrected chi connectivity index (χ2v) is 5.18. The first-order valence-corrected chi connectivity index (χ1v) is 7.52. The molecule has 0 spiro atoms. The highest BCUT2D eigenvalue weighted by Crippen LogP contribution is 2.23. The quantitative estimate of drug-likeness (QED) is 0.404. The van der Waals surface area contributed by atoms with Gasteiger partial charge in [-0.3, -0.25) is 0 Å². The van der Waals surface area contributed by atoms with Gasteiger partial charge in [-0.15, -0.1) is 24.0 Å². The first-order valence-electron chi connectivity index (χ1n) is 7.52. The number of hydrogen-bond acceptors (Lipinski definition) is 3. The molecule has 0 bridgehead atoms. The van der Waals surface area contributed by atoms with Crippen LogP contribution in [-0.2, 0) is 6.54 Å². The van der Waals surface area contributed by atoms with Gasteiger partial charge in [0.25, 0.3) is 0 Å². The number of rotatable bonds is 6. The molecule has 1 aromatic heterocycles. The van der Waals surface area contributed by atoms with Crippen LogP contribution in [0.25, 0.3) is 0 Å². The number of pyridine rings is 1. The molecule has 2 rings (SSSR count). The smallest absolute Gasteiger partial charge is 0.224 e. The molecule has 0 aliphatic heterocycles. The number of halogens is 2. The Morgan fingerprint density at radius 3 is 2.88 bits per heavy atom. The van der Waals surface area contributed by atoms with E-state index in [1.54, 1.807) is 24.4 Å². The fourth-order valence-electron chi connectivity index (χ4n) is 1.85. The van der Waals surface area contributed by atoms with E-state index in [1.165, 1.54) is 12.1 Å². The average molecular weight is 444 g/mol. The first-order chi connectivity index (χ1) is 11.1. The molecule has 1 heterocycles. The summed E-state index contributed by atoms with van der Waals surface area (Å²) in [5.41, 5.74) is 6.62. The van der Waals surface area contributed by atoms with E-state index >= 15 is 0 Å². The van der Waals surface area contributed by atoms with E-state index < -0.39 is 0 Å². The highest BCUT2D eigenvalue weighted by Gasteiger charge is 2.07. The van der Waals surface area contributed by atoms with Crippen LogP contribution in [-0.4, -0.2) is 17.0 Å². The molecule has 0 fully saturated rings. The zero-order valence-corrected chi connectivity index (χ0v) is 16.0. The minimum atomic E-state index is -0.361. The molecule has 0 aliphatic carbocycles. The van der Waals surface area contributed by atoms with E-state index in [2.05, 4.69) is 22.2 Å². The topological polar surface area (TPSA) is 72.5 Å². The average Bonchev–Trinajstić information content (AvgIpc) is 2.54. The highest BCUT2D eigenvalue weighted by atomic mass is 127. The first kappa shape index (κ1) is 20.1. The SMILES string of the molecule is CCC(C)NC(N)=NCc1cccnc1Oc1cccc(F)c1.I. The van der Waals surface area contributed by atoms with Crippen molar-refractivity contribution in [2.45, 2.75) is 32.9 Å². The van der Waals surface area contributed by atoms with E-state index in [0.717, 1.165) is 12.0 Å². The van der Waals surface area contributed by atoms with Crippen molar-refractivity contribution in [3.8, 4) is 11.6 Å². The van der Waals surface area contributed by atoms with Crippen LogP contribution in [0.15, 0.2) is 47.6 Å². The van der Waals surface area contributed by atoms with E-state index in [1.807, 2.05) is 13.0 Å². The molecule has 1 unspecified atom stereocenters. The minimum absolute atomic E-state index is 0. The summed E-state index contributed by atoms with van der Waals surface area (Å²) < 4.78 is 18.9. The summed E-state index contributed by atoms with van der Waals surface area (Å²) in [6.07, 6.45) is 2.57. The maximum atomic E-state index is 13.2. The Morgan fingerprint density at radius 1 is 1.38 bits per heavy atom. The molecule has 1 aromatic carbocycles. The number of hydrogen-bond donors (Lipinski definition) is 2. The lowest BCUT2D eigenvalue weighted by atomic mass is 10.2. The van der Waals surface area contributed by atoms with Crippen LogP contribution in [0.2, 0.25) is 0 Å².